The molecular formula is C18H24N4O4S. The molecule has 2 N–H and O–H groups in total. The standard InChI is InChI=1S/C18H24N4O4S/c1-12-15-10-14(4-5-16(15)20-18(12)24)27(25,26)22-8-6-21(7-9-22)11-17(23)19-13-2-3-13/h4-5,10,12-13H,2-3,6-9,11H2,1H3,(H,19,23)(H,20,24)/t12-/m0/s1. The molecule has 2 heterocycles. The van der Waals surface area contributed by atoms with Crippen molar-refractivity contribution in [2.75, 3.05) is 38.0 Å². The summed E-state index contributed by atoms with van der Waals surface area (Å²) >= 11 is 0. The number of amides is 2. The summed E-state index contributed by atoms with van der Waals surface area (Å²) in [5, 5.41) is 5.71. The number of carbonyl (C=O) groups is 2. The minimum atomic E-state index is -3.62. The number of nitrogens with zero attached hydrogens (tertiary/aromatic N) is 2. The Kier molecular flexibility index (Phi) is 4.69. The Morgan fingerprint density at radius 3 is 2.59 bits per heavy atom. The van der Waals surface area contributed by atoms with Crippen molar-refractivity contribution in [2.24, 2.45) is 0 Å². The fourth-order valence-electron chi connectivity index (χ4n) is 3.54. The Morgan fingerprint density at radius 2 is 1.93 bits per heavy atom. The van der Waals surface area contributed by atoms with Crippen LogP contribution >= 0.6 is 0 Å². The van der Waals surface area contributed by atoms with E-state index in [0.29, 0.717) is 44.5 Å². The summed E-state index contributed by atoms with van der Waals surface area (Å²) in [5.41, 5.74) is 1.40. The van der Waals surface area contributed by atoms with E-state index >= 15 is 0 Å². The molecule has 146 valence electrons. The Hall–Kier alpha value is -1.97. The van der Waals surface area contributed by atoms with Gasteiger partial charge in [0.1, 0.15) is 0 Å². The molecule has 1 aliphatic carbocycles. The third-order valence-electron chi connectivity index (χ3n) is 5.42. The van der Waals surface area contributed by atoms with E-state index in [9.17, 15) is 18.0 Å². The van der Waals surface area contributed by atoms with Crippen LogP contribution in [0.4, 0.5) is 5.69 Å². The Balaban J connectivity index is 1.40. The number of anilines is 1. The van der Waals surface area contributed by atoms with E-state index in [1.807, 2.05) is 4.90 Å². The molecule has 2 amide bonds. The summed E-state index contributed by atoms with van der Waals surface area (Å²) in [5.74, 6) is -0.451. The van der Waals surface area contributed by atoms with Gasteiger partial charge in [0.15, 0.2) is 0 Å². The van der Waals surface area contributed by atoms with Gasteiger partial charge >= 0.3 is 0 Å². The first-order valence-electron chi connectivity index (χ1n) is 9.31. The van der Waals surface area contributed by atoms with E-state index in [0.717, 1.165) is 18.4 Å². The van der Waals surface area contributed by atoms with Gasteiger partial charge in [-0.3, -0.25) is 14.5 Å². The van der Waals surface area contributed by atoms with E-state index in [1.54, 1.807) is 25.1 Å². The summed E-state index contributed by atoms with van der Waals surface area (Å²) in [4.78, 5) is 25.9. The zero-order valence-electron chi connectivity index (χ0n) is 15.3. The molecule has 4 rings (SSSR count). The minimum Gasteiger partial charge on any atom is -0.352 e. The highest BCUT2D eigenvalue weighted by atomic mass is 32.2. The van der Waals surface area contributed by atoms with Gasteiger partial charge in [0.05, 0.1) is 17.4 Å². The monoisotopic (exact) mass is 392 g/mol. The van der Waals surface area contributed by atoms with Crippen LogP contribution in [0, 0.1) is 0 Å². The third kappa shape index (κ3) is 3.71. The van der Waals surface area contributed by atoms with Crippen molar-refractivity contribution in [3.63, 3.8) is 0 Å². The van der Waals surface area contributed by atoms with Crippen LogP contribution in [-0.2, 0) is 19.6 Å². The minimum absolute atomic E-state index is 0.0126. The lowest BCUT2D eigenvalue weighted by atomic mass is 10.0. The summed E-state index contributed by atoms with van der Waals surface area (Å²) < 4.78 is 27.4. The number of hydrogen-bond acceptors (Lipinski definition) is 5. The number of fused-ring (bicyclic) bond motifs is 1. The van der Waals surface area contributed by atoms with Crippen molar-refractivity contribution in [3.05, 3.63) is 23.8 Å². The summed E-state index contributed by atoms with van der Waals surface area (Å²) in [7, 11) is -3.62. The molecule has 8 nitrogen and oxygen atoms in total. The van der Waals surface area contributed by atoms with Crippen molar-refractivity contribution >= 4 is 27.5 Å². The van der Waals surface area contributed by atoms with Crippen molar-refractivity contribution in [1.82, 2.24) is 14.5 Å². The molecule has 2 fully saturated rings. The second kappa shape index (κ2) is 6.88. The molecule has 1 saturated carbocycles. The van der Waals surface area contributed by atoms with Gasteiger partial charge in [-0.25, -0.2) is 8.42 Å². The molecular weight excluding hydrogens is 368 g/mol. The summed E-state index contributed by atoms with van der Waals surface area (Å²) in [6.07, 6.45) is 2.11. The van der Waals surface area contributed by atoms with Gasteiger partial charge in [0.25, 0.3) is 0 Å². The first-order valence-corrected chi connectivity index (χ1v) is 10.8. The van der Waals surface area contributed by atoms with Gasteiger partial charge in [-0.05, 0) is 43.5 Å². The normalized spacial score (nSPS) is 23.7. The van der Waals surface area contributed by atoms with Crippen LogP contribution in [0.3, 0.4) is 0 Å². The topological polar surface area (TPSA) is 98.8 Å². The fourth-order valence-corrected chi connectivity index (χ4v) is 4.99. The molecule has 1 saturated heterocycles. The largest absolute Gasteiger partial charge is 0.352 e. The maximum absolute atomic E-state index is 13.0. The van der Waals surface area contributed by atoms with E-state index in [1.165, 1.54) is 4.31 Å². The molecule has 1 atom stereocenters. The average Bonchev–Trinajstić information content (AvgIpc) is 3.40. The molecule has 1 aromatic rings. The van der Waals surface area contributed by atoms with Crippen LogP contribution in [0.5, 0.6) is 0 Å². The molecule has 2 aliphatic heterocycles. The lowest BCUT2D eigenvalue weighted by Gasteiger charge is -2.33. The first kappa shape index (κ1) is 18.4. The summed E-state index contributed by atoms with van der Waals surface area (Å²) in [6.45, 7) is 3.83. The van der Waals surface area contributed by atoms with E-state index in [2.05, 4.69) is 10.6 Å². The molecule has 0 aromatic heterocycles. The van der Waals surface area contributed by atoms with Crippen LogP contribution in [0.25, 0.3) is 0 Å². The highest BCUT2D eigenvalue weighted by molar-refractivity contribution is 7.89. The van der Waals surface area contributed by atoms with E-state index < -0.39 is 10.0 Å². The second-order valence-electron chi connectivity index (χ2n) is 7.48. The smallest absolute Gasteiger partial charge is 0.243 e. The Bertz CT molecular complexity index is 873. The fraction of sp³-hybridized carbons (Fsp3) is 0.556. The SMILES string of the molecule is C[C@@H]1C(=O)Nc2ccc(S(=O)(=O)N3CCN(CC(=O)NC4CC4)CC3)cc21. The zero-order valence-corrected chi connectivity index (χ0v) is 16.1. The van der Waals surface area contributed by atoms with Crippen LogP contribution in [-0.4, -0.2) is 68.2 Å². The maximum atomic E-state index is 13.0. The van der Waals surface area contributed by atoms with E-state index in [4.69, 9.17) is 0 Å². The van der Waals surface area contributed by atoms with Gasteiger partial charge in [-0.2, -0.15) is 4.31 Å². The highest BCUT2D eigenvalue weighted by Crippen LogP contribution is 2.34. The predicted molar refractivity (Wildman–Crippen MR) is 99.9 cm³/mol. The van der Waals surface area contributed by atoms with Gasteiger partial charge in [-0.15, -0.1) is 0 Å². The van der Waals surface area contributed by atoms with Crippen LogP contribution in [0.15, 0.2) is 23.1 Å². The molecule has 0 spiro atoms. The van der Waals surface area contributed by atoms with Gasteiger partial charge in [0.2, 0.25) is 21.8 Å². The van der Waals surface area contributed by atoms with E-state index in [-0.39, 0.29) is 22.6 Å². The summed E-state index contributed by atoms with van der Waals surface area (Å²) in [6, 6.07) is 5.13. The molecule has 0 bridgehead atoms. The van der Waals surface area contributed by atoms with Crippen LogP contribution < -0.4 is 10.6 Å². The van der Waals surface area contributed by atoms with Crippen molar-refractivity contribution in [1.29, 1.82) is 0 Å². The molecule has 0 unspecified atom stereocenters. The number of piperazine rings is 1. The number of hydrogen-bond donors (Lipinski definition) is 2. The molecule has 9 heteroatoms. The highest BCUT2D eigenvalue weighted by Gasteiger charge is 2.33. The van der Waals surface area contributed by atoms with Crippen LogP contribution in [0.2, 0.25) is 0 Å². The van der Waals surface area contributed by atoms with Crippen molar-refractivity contribution in [3.8, 4) is 0 Å². The number of rotatable bonds is 5. The second-order valence-corrected chi connectivity index (χ2v) is 9.42. The molecule has 27 heavy (non-hydrogen) atoms. The lowest BCUT2D eigenvalue weighted by molar-refractivity contribution is -0.122. The predicted octanol–water partition coefficient (Wildman–Crippen LogP) is 0.327. The maximum Gasteiger partial charge on any atom is 0.243 e. The van der Waals surface area contributed by atoms with Crippen molar-refractivity contribution < 1.29 is 18.0 Å². The Labute approximate surface area is 158 Å². The van der Waals surface area contributed by atoms with Gasteiger partial charge in [0, 0.05) is 37.9 Å². The number of carbonyl (C=O) groups excluding carboxylic acids is 2. The quantitative estimate of drug-likeness (QED) is 0.752. The number of nitrogens with one attached hydrogen (secondary N) is 2. The molecule has 3 aliphatic rings. The third-order valence-corrected chi connectivity index (χ3v) is 7.31. The zero-order chi connectivity index (χ0) is 19.2. The van der Waals surface area contributed by atoms with Crippen molar-refractivity contribution in [2.45, 2.75) is 36.6 Å². The number of benzene rings is 1. The van der Waals surface area contributed by atoms with Gasteiger partial charge in [-0.1, -0.05) is 0 Å². The molecule has 0 radical (unpaired) electrons. The van der Waals surface area contributed by atoms with Gasteiger partial charge < -0.3 is 10.6 Å². The average molecular weight is 392 g/mol. The lowest BCUT2D eigenvalue weighted by Crippen LogP contribution is -2.51. The number of sulfonamides is 1. The van der Waals surface area contributed by atoms with Crippen LogP contribution in [0.1, 0.15) is 31.2 Å². The first-order chi connectivity index (χ1) is 12.8. The molecule has 1 aromatic carbocycles. The Morgan fingerprint density at radius 1 is 1.22 bits per heavy atom.